The van der Waals surface area contributed by atoms with Crippen LogP contribution in [0, 0.1) is 5.92 Å². The third kappa shape index (κ3) is 3.44. The highest BCUT2D eigenvalue weighted by Crippen LogP contribution is 2.26. The zero-order chi connectivity index (χ0) is 13.4. The minimum atomic E-state index is -5.27. The summed E-state index contributed by atoms with van der Waals surface area (Å²) in [5.74, 6) is -3.92. The van der Waals surface area contributed by atoms with Crippen LogP contribution in [0.2, 0.25) is 0 Å². The summed E-state index contributed by atoms with van der Waals surface area (Å²) in [6, 6.07) is 0. The van der Waals surface area contributed by atoms with E-state index in [0.717, 1.165) is 4.72 Å². The SMILES string of the molecule is NS(=O)(=O)C1CCC(C(=O)NS(=O)(=O)F)C1=O. The van der Waals surface area contributed by atoms with Crippen molar-refractivity contribution in [2.45, 2.75) is 18.1 Å². The van der Waals surface area contributed by atoms with Gasteiger partial charge in [-0.05, 0) is 12.8 Å². The van der Waals surface area contributed by atoms with E-state index in [9.17, 15) is 30.3 Å². The van der Waals surface area contributed by atoms with E-state index in [4.69, 9.17) is 5.14 Å². The number of nitrogens with two attached hydrogens (primary N) is 1. The smallest absolute Gasteiger partial charge is 0.297 e. The normalized spacial score (nSPS) is 25.9. The third-order valence-corrected chi connectivity index (χ3v) is 4.02. The predicted octanol–water partition coefficient (Wildman–Crippen LogP) is -2.05. The Labute approximate surface area is 96.8 Å². The first-order chi connectivity index (χ1) is 7.52. The summed E-state index contributed by atoms with van der Waals surface area (Å²) in [6.45, 7) is 0. The molecule has 0 spiro atoms. The Morgan fingerprint density at radius 2 is 1.82 bits per heavy atom. The molecule has 0 aromatic carbocycles. The van der Waals surface area contributed by atoms with Gasteiger partial charge in [-0.3, -0.25) is 9.59 Å². The highest BCUT2D eigenvalue weighted by Gasteiger charge is 2.44. The van der Waals surface area contributed by atoms with Crippen molar-refractivity contribution in [1.29, 1.82) is 0 Å². The van der Waals surface area contributed by atoms with Crippen LogP contribution < -0.4 is 9.86 Å². The summed E-state index contributed by atoms with van der Waals surface area (Å²) in [5, 5.41) is 3.21. The van der Waals surface area contributed by atoms with Crippen molar-refractivity contribution in [3.8, 4) is 0 Å². The lowest BCUT2D eigenvalue weighted by molar-refractivity contribution is -0.130. The van der Waals surface area contributed by atoms with E-state index in [0.29, 0.717) is 0 Å². The third-order valence-electron chi connectivity index (χ3n) is 2.31. The molecule has 1 aliphatic rings. The van der Waals surface area contributed by atoms with Crippen molar-refractivity contribution >= 4 is 32.1 Å². The summed E-state index contributed by atoms with van der Waals surface area (Å²) < 4.78 is 55.2. The molecule has 0 bridgehead atoms. The zero-order valence-electron chi connectivity index (χ0n) is 8.29. The lowest BCUT2D eigenvalue weighted by Crippen LogP contribution is -2.39. The van der Waals surface area contributed by atoms with Crippen LogP contribution >= 0.6 is 0 Å². The van der Waals surface area contributed by atoms with Crippen LogP contribution in [-0.4, -0.2) is 33.8 Å². The van der Waals surface area contributed by atoms with Crippen molar-refractivity contribution in [2.24, 2.45) is 11.1 Å². The first-order valence-electron chi connectivity index (χ1n) is 4.34. The van der Waals surface area contributed by atoms with Crippen molar-refractivity contribution in [3.63, 3.8) is 0 Å². The summed E-state index contributed by atoms with van der Waals surface area (Å²) in [7, 11) is -9.40. The summed E-state index contributed by atoms with van der Waals surface area (Å²) in [4.78, 5) is 22.6. The van der Waals surface area contributed by atoms with Crippen LogP contribution in [0.4, 0.5) is 3.89 Å². The second-order valence-electron chi connectivity index (χ2n) is 3.51. The highest BCUT2D eigenvalue weighted by atomic mass is 32.3. The van der Waals surface area contributed by atoms with Crippen LogP contribution in [0.5, 0.6) is 0 Å². The number of carbonyl (C=O) groups excluding carboxylic acids is 2. The van der Waals surface area contributed by atoms with Gasteiger partial charge in [-0.15, -0.1) is 0 Å². The fraction of sp³-hybridized carbons (Fsp3) is 0.667. The lowest BCUT2D eigenvalue weighted by Gasteiger charge is -2.07. The molecule has 11 heteroatoms. The molecule has 8 nitrogen and oxygen atoms in total. The number of hydrogen-bond acceptors (Lipinski definition) is 6. The van der Waals surface area contributed by atoms with E-state index >= 15 is 0 Å². The molecule has 1 aliphatic carbocycles. The average Bonchev–Trinajstić information content (AvgIpc) is 2.42. The first-order valence-corrected chi connectivity index (χ1v) is 7.33. The van der Waals surface area contributed by atoms with Crippen LogP contribution in [0.3, 0.4) is 0 Å². The van der Waals surface area contributed by atoms with Gasteiger partial charge >= 0.3 is 10.4 Å². The molecular formula is C6H9FN2O6S2. The molecule has 98 valence electrons. The molecule has 1 fully saturated rings. The molecular weight excluding hydrogens is 279 g/mol. The summed E-state index contributed by atoms with van der Waals surface area (Å²) in [5.41, 5.74) is 0. The van der Waals surface area contributed by atoms with Crippen LogP contribution in [0.25, 0.3) is 0 Å². The molecule has 1 saturated carbocycles. The Morgan fingerprint density at radius 3 is 2.18 bits per heavy atom. The molecule has 17 heavy (non-hydrogen) atoms. The number of Topliss-reactive ketones (excluding diaryl/α,β-unsaturated/α-hetero) is 1. The Hall–Kier alpha value is -1.07. The number of carbonyl (C=O) groups is 2. The van der Waals surface area contributed by atoms with Gasteiger partial charge in [-0.25, -0.2) is 18.3 Å². The molecule has 1 amide bonds. The Kier molecular flexibility index (Phi) is 3.55. The van der Waals surface area contributed by atoms with E-state index in [1.54, 1.807) is 0 Å². The highest BCUT2D eigenvalue weighted by molar-refractivity contribution is 7.90. The number of primary sulfonamides is 1. The van der Waals surface area contributed by atoms with Gasteiger partial charge in [0, 0.05) is 0 Å². The molecule has 0 radical (unpaired) electrons. The van der Waals surface area contributed by atoms with Crippen molar-refractivity contribution < 1.29 is 30.3 Å². The first kappa shape index (κ1) is 14.0. The van der Waals surface area contributed by atoms with E-state index in [1.807, 2.05) is 0 Å². The Balaban J connectivity index is 2.85. The molecule has 0 heterocycles. The van der Waals surface area contributed by atoms with E-state index in [2.05, 4.69) is 0 Å². The topological polar surface area (TPSA) is 140 Å². The Morgan fingerprint density at radius 1 is 1.29 bits per heavy atom. The summed E-state index contributed by atoms with van der Waals surface area (Å²) >= 11 is 0. The fourth-order valence-corrected chi connectivity index (χ4v) is 2.94. The average molecular weight is 288 g/mol. The molecule has 3 N–H and O–H groups in total. The van der Waals surface area contributed by atoms with Crippen LogP contribution in [0.15, 0.2) is 0 Å². The lowest BCUT2D eigenvalue weighted by atomic mass is 10.1. The molecule has 0 saturated heterocycles. The minimum Gasteiger partial charge on any atom is -0.297 e. The number of nitrogens with one attached hydrogen (secondary N) is 1. The zero-order valence-corrected chi connectivity index (χ0v) is 9.92. The van der Waals surface area contributed by atoms with E-state index in [-0.39, 0.29) is 12.8 Å². The predicted molar refractivity (Wildman–Crippen MR) is 52.8 cm³/mol. The van der Waals surface area contributed by atoms with Crippen LogP contribution in [0.1, 0.15) is 12.8 Å². The van der Waals surface area contributed by atoms with Gasteiger partial charge in [-0.2, -0.15) is 8.42 Å². The number of halogens is 1. The van der Waals surface area contributed by atoms with Gasteiger partial charge in [0.05, 0.1) is 5.92 Å². The van der Waals surface area contributed by atoms with Gasteiger partial charge < -0.3 is 0 Å². The maximum atomic E-state index is 12.1. The van der Waals surface area contributed by atoms with Crippen LogP contribution in [-0.2, 0) is 30.0 Å². The van der Waals surface area contributed by atoms with Crippen molar-refractivity contribution in [1.82, 2.24) is 4.72 Å². The van der Waals surface area contributed by atoms with Gasteiger partial charge in [0.1, 0.15) is 5.25 Å². The Bertz CT molecular complexity index is 553. The molecule has 0 aromatic heterocycles. The second-order valence-corrected chi connectivity index (χ2v) is 6.34. The van der Waals surface area contributed by atoms with E-state index < -0.39 is 43.3 Å². The maximum Gasteiger partial charge on any atom is 0.399 e. The number of sulfonamides is 1. The minimum absolute atomic E-state index is 0.192. The number of amides is 1. The standard InChI is InChI=1S/C6H9FN2O6S2/c7-17(14,15)9-6(11)3-1-2-4(5(3)10)16(8,12)13/h3-4H,1-2H2,(H,9,11)(H2,8,12,13). The molecule has 0 aromatic rings. The van der Waals surface area contributed by atoms with E-state index in [1.165, 1.54) is 0 Å². The number of rotatable bonds is 3. The number of ketones is 1. The van der Waals surface area contributed by atoms with Gasteiger partial charge in [0.15, 0.2) is 5.78 Å². The monoisotopic (exact) mass is 288 g/mol. The number of hydrogen-bond donors (Lipinski definition) is 2. The maximum absolute atomic E-state index is 12.1. The molecule has 0 aliphatic heterocycles. The fourth-order valence-electron chi connectivity index (χ4n) is 1.60. The van der Waals surface area contributed by atoms with Gasteiger partial charge in [0.2, 0.25) is 15.9 Å². The van der Waals surface area contributed by atoms with Gasteiger partial charge in [0.25, 0.3) is 0 Å². The summed E-state index contributed by atoms with van der Waals surface area (Å²) in [6.07, 6.45) is -0.386. The molecule has 1 rings (SSSR count). The second kappa shape index (κ2) is 4.31. The molecule has 2 atom stereocenters. The largest absolute Gasteiger partial charge is 0.399 e. The molecule has 2 unspecified atom stereocenters. The van der Waals surface area contributed by atoms with Crippen molar-refractivity contribution in [3.05, 3.63) is 0 Å². The van der Waals surface area contributed by atoms with Crippen molar-refractivity contribution in [2.75, 3.05) is 0 Å². The quantitative estimate of drug-likeness (QED) is 0.452. The van der Waals surface area contributed by atoms with Gasteiger partial charge in [-0.1, -0.05) is 3.89 Å².